The summed E-state index contributed by atoms with van der Waals surface area (Å²) in [5.41, 5.74) is 1.76. The molecule has 10 heteroatoms. The average molecular weight is 501 g/mol. The van der Waals surface area contributed by atoms with Gasteiger partial charge in [0.2, 0.25) is 5.91 Å². The maximum atomic E-state index is 13.8. The molecule has 0 saturated heterocycles. The molecule has 1 amide bonds. The summed E-state index contributed by atoms with van der Waals surface area (Å²) >= 11 is 7.15. The number of hydrogen-bond acceptors (Lipinski definition) is 5. The Labute approximate surface area is 203 Å². The van der Waals surface area contributed by atoms with Crippen molar-refractivity contribution in [2.45, 2.75) is 18.7 Å². The van der Waals surface area contributed by atoms with Crippen LogP contribution in [0.25, 0.3) is 5.69 Å². The number of carbonyl (C=O) groups excluding carboxylic acids is 1. The summed E-state index contributed by atoms with van der Waals surface area (Å²) in [7, 11) is 0. The van der Waals surface area contributed by atoms with Crippen LogP contribution in [0, 0.1) is 18.6 Å². The third-order valence-corrected chi connectivity index (χ3v) is 5.89. The first kappa shape index (κ1) is 23.7. The molecule has 0 atom stereocenters. The van der Waals surface area contributed by atoms with Crippen LogP contribution >= 0.6 is 23.4 Å². The van der Waals surface area contributed by atoms with Crippen molar-refractivity contribution in [2.24, 2.45) is 0 Å². The van der Waals surface area contributed by atoms with Gasteiger partial charge in [0.15, 0.2) is 11.0 Å². The Bertz CT molecular complexity index is 1300. The summed E-state index contributed by atoms with van der Waals surface area (Å²) in [5, 5.41) is 11.9. The maximum absolute atomic E-state index is 13.8. The van der Waals surface area contributed by atoms with Crippen molar-refractivity contribution in [2.75, 3.05) is 11.1 Å². The quantitative estimate of drug-likeness (QED) is 0.309. The molecule has 0 aliphatic carbocycles. The van der Waals surface area contributed by atoms with Gasteiger partial charge < -0.3 is 10.1 Å². The first-order valence-electron chi connectivity index (χ1n) is 10.2. The number of rotatable bonds is 8. The fourth-order valence-corrected chi connectivity index (χ4v) is 3.92. The Hall–Kier alpha value is -3.43. The number of benzene rings is 3. The first-order valence-corrected chi connectivity index (χ1v) is 11.5. The first-order chi connectivity index (χ1) is 16.4. The second-order valence-electron chi connectivity index (χ2n) is 7.27. The number of ether oxygens (including phenoxy) is 1. The molecule has 4 rings (SSSR count). The van der Waals surface area contributed by atoms with E-state index in [1.54, 1.807) is 28.8 Å². The molecule has 0 aliphatic rings. The highest BCUT2D eigenvalue weighted by molar-refractivity contribution is 7.99. The van der Waals surface area contributed by atoms with Gasteiger partial charge in [0.1, 0.15) is 24.0 Å². The van der Waals surface area contributed by atoms with Gasteiger partial charge in [-0.2, -0.15) is 0 Å². The Morgan fingerprint density at radius 3 is 2.50 bits per heavy atom. The van der Waals surface area contributed by atoms with Gasteiger partial charge in [-0.15, -0.1) is 10.2 Å². The van der Waals surface area contributed by atoms with Gasteiger partial charge >= 0.3 is 0 Å². The molecule has 0 spiro atoms. The number of carbonyl (C=O) groups is 1. The summed E-state index contributed by atoms with van der Waals surface area (Å²) in [6.45, 7) is 2.14. The molecule has 1 N–H and O–H groups in total. The number of nitrogens with zero attached hydrogens (tertiary/aromatic N) is 3. The van der Waals surface area contributed by atoms with E-state index >= 15 is 0 Å². The van der Waals surface area contributed by atoms with Crippen LogP contribution in [0.5, 0.6) is 5.75 Å². The number of halogens is 3. The lowest BCUT2D eigenvalue weighted by atomic mass is 10.2. The predicted octanol–water partition coefficient (Wildman–Crippen LogP) is 5.82. The Morgan fingerprint density at radius 1 is 1.06 bits per heavy atom. The molecule has 3 aromatic carbocycles. The molecule has 0 aliphatic heterocycles. The van der Waals surface area contributed by atoms with Crippen LogP contribution < -0.4 is 10.1 Å². The summed E-state index contributed by atoms with van der Waals surface area (Å²) in [6, 6.07) is 17.7. The third kappa shape index (κ3) is 5.92. The number of aromatic nitrogens is 3. The van der Waals surface area contributed by atoms with Crippen molar-refractivity contribution in [3.05, 3.63) is 94.8 Å². The highest BCUT2D eigenvalue weighted by Crippen LogP contribution is 2.25. The van der Waals surface area contributed by atoms with Crippen molar-refractivity contribution in [1.82, 2.24) is 14.8 Å². The zero-order valence-corrected chi connectivity index (χ0v) is 19.5. The fourth-order valence-electron chi connectivity index (χ4n) is 3.03. The minimum absolute atomic E-state index is 0.0681. The number of anilines is 1. The van der Waals surface area contributed by atoms with E-state index in [2.05, 4.69) is 15.5 Å². The normalized spacial score (nSPS) is 10.8. The minimum atomic E-state index is -0.849. The van der Waals surface area contributed by atoms with Crippen molar-refractivity contribution < 1.29 is 18.3 Å². The summed E-state index contributed by atoms with van der Waals surface area (Å²) in [6.07, 6.45) is 0. The van der Waals surface area contributed by atoms with E-state index in [4.69, 9.17) is 16.3 Å². The molecule has 0 saturated carbocycles. The lowest BCUT2D eigenvalue weighted by molar-refractivity contribution is -0.113. The highest BCUT2D eigenvalue weighted by Gasteiger charge is 2.17. The molecule has 0 radical (unpaired) electrons. The standard InChI is InChI=1S/C24H19ClF2N4O2S/c1-15-2-9-19(10-3-15)33-13-22-29-30-24(31(22)18-7-4-16(25)5-8-18)34-14-23(32)28-21-11-6-17(26)12-20(21)27/h2-12H,13-14H2,1H3,(H,28,32). The second-order valence-corrected chi connectivity index (χ2v) is 8.65. The lowest BCUT2D eigenvalue weighted by Gasteiger charge is -2.12. The Kier molecular flexibility index (Phi) is 7.44. The van der Waals surface area contributed by atoms with Crippen molar-refractivity contribution in [3.8, 4) is 11.4 Å². The number of thioether (sulfide) groups is 1. The van der Waals surface area contributed by atoms with Gasteiger partial charge in [0.25, 0.3) is 0 Å². The minimum Gasteiger partial charge on any atom is -0.486 e. The van der Waals surface area contributed by atoms with Gasteiger partial charge in [-0.25, -0.2) is 8.78 Å². The molecule has 1 aromatic heterocycles. The van der Waals surface area contributed by atoms with Gasteiger partial charge in [-0.3, -0.25) is 9.36 Å². The van der Waals surface area contributed by atoms with E-state index in [-0.39, 0.29) is 18.0 Å². The van der Waals surface area contributed by atoms with Crippen LogP contribution in [0.2, 0.25) is 5.02 Å². The van der Waals surface area contributed by atoms with Crippen LogP contribution in [0.4, 0.5) is 14.5 Å². The molecular weight excluding hydrogens is 482 g/mol. The largest absolute Gasteiger partial charge is 0.486 e. The SMILES string of the molecule is Cc1ccc(OCc2nnc(SCC(=O)Nc3ccc(F)cc3F)n2-c2ccc(Cl)cc2)cc1. The lowest BCUT2D eigenvalue weighted by Crippen LogP contribution is -2.16. The van der Waals surface area contributed by atoms with Crippen LogP contribution in [0.15, 0.2) is 71.9 Å². The van der Waals surface area contributed by atoms with E-state index in [9.17, 15) is 13.6 Å². The van der Waals surface area contributed by atoms with Crippen LogP contribution in [-0.2, 0) is 11.4 Å². The highest BCUT2D eigenvalue weighted by atomic mass is 35.5. The molecule has 0 unspecified atom stereocenters. The third-order valence-electron chi connectivity index (χ3n) is 4.71. The van der Waals surface area contributed by atoms with Crippen molar-refractivity contribution in [1.29, 1.82) is 0 Å². The predicted molar refractivity (Wildman–Crippen MR) is 128 cm³/mol. The zero-order valence-electron chi connectivity index (χ0n) is 18.0. The molecule has 0 fully saturated rings. The monoisotopic (exact) mass is 500 g/mol. The Morgan fingerprint density at radius 2 is 1.79 bits per heavy atom. The van der Waals surface area contributed by atoms with Gasteiger partial charge in [0, 0.05) is 16.8 Å². The van der Waals surface area contributed by atoms with Crippen molar-refractivity contribution >= 4 is 35.0 Å². The number of hydrogen-bond donors (Lipinski definition) is 1. The van der Waals surface area contributed by atoms with E-state index in [0.717, 1.165) is 29.1 Å². The second kappa shape index (κ2) is 10.7. The summed E-state index contributed by atoms with van der Waals surface area (Å²) in [5.74, 6) is -0.902. The number of amides is 1. The van der Waals surface area contributed by atoms with Gasteiger partial charge in [0.05, 0.1) is 11.4 Å². The molecule has 1 heterocycles. The average Bonchev–Trinajstić information content (AvgIpc) is 3.22. The topological polar surface area (TPSA) is 69.0 Å². The Balaban J connectivity index is 1.51. The maximum Gasteiger partial charge on any atom is 0.234 e. The van der Waals surface area contributed by atoms with Crippen LogP contribution in [-0.4, -0.2) is 26.4 Å². The van der Waals surface area contributed by atoms with E-state index < -0.39 is 17.5 Å². The molecule has 34 heavy (non-hydrogen) atoms. The molecule has 0 bridgehead atoms. The van der Waals surface area contributed by atoms with E-state index in [1.807, 2.05) is 31.2 Å². The van der Waals surface area contributed by atoms with E-state index in [1.165, 1.54) is 6.07 Å². The fraction of sp³-hybridized carbons (Fsp3) is 0.125. The number of nitrogens with one attached hydrogen (secondary N) is 1. The van der Waals surface area contributed by atoms with Crippen molar-refractivity contribution in [3.63, 3.8) is 0 Å². The number of aryl methyl sites for hydroxylation is 1. The van der Waals surface area contributed by atoms with Gasteiger partial charge in [-0.1, -0.05) is 41.1 Å². The molecule has 174 valence electrons. The van der Waals surface area contributed by atoms with Crippen LogP contribution in [0.1, 0.15) is 11.4 Å². The summed E-state index contributed by atoms with van der Waals surface area (Å²) < 4.78 is 34.5. The van der Waals surface area contributed by atoms with Gasteiger partial charge in [-0.05, 0) is 55.5 Å². The molecular formula is C24H19ClF2N4O2S. The molecule has 4 aromatic rings. The van der Waals surface area contributed by atoms with E-state index in [0.29, 0.717) is 27.8 Å². The van der Waals surface area contributed by atoms with Crippen LogP contribution in [0.3, 0.4) is 0 Å². The zero-order chi connectivity index (χ0) is 24.1. The summed E-state index contributed by atoms with van der Waals surface area (Å²) in [4.78, 5) is 12.4. The molecule has 6 nitrogen and oxygen atoms in total. The smallest absolute Gasteiger partial charge is 0.234 e.